The first-order chi connectivity index (χ1) is 14.6. The highest BCUT2D eigenvalue weighted by Crippen LogP contribution is 2.30. The minimum atomic E-state index is -0.462. The van der Waals surface area contributed by atoms with Crippen molar-refractivity contribution in [1.82, 2.24) is 20.1 Å². The Labute approximate surface area is 180 Å². The van der Waals surface area contributed by atoms with Crippen molar-refractivity contribution in [3.05, 3.63) is 71.8 Å². The number of nitrogens with zero attached hydrogens (tertiary/aromatic N) is 4. The molecule has 0 saturated carbocycles. The van der Waals surface area contributed by atoms with Crippen LogP contribution >= 0.6 is 12.2 Å². The van der Waals surface area contributed by atoms with Crippen molar-refractivity contribution in [2.24, 2.45) is 0 Å². The monoisotopic (exact) mass is 421 g/mol. The Morgan fingerprint density at radius 1 is 1.20 bits per heavy atom. The normalized spacial score (nSPS) is 15.9. The molecule has 0 radical (unpaired) electrons. The quantitative estimate of drug-likeness (QED) is 0.639. The molecular formula is C22H23N5O2S. The van der Waals surface area contributed by atoms with Gasteiger partial charge in [-0.3, -0.25) is 4.79 Å². The van der Waals surface area contributed by atoms with Crippen LogP contribution in [0.4, 0.5) is 5.69 Å². The third-order valence-electron chi connectivity index (χ3n) is 5.02. The van der Waals surface area contributed by atoms with Crippen LogP contribution in [-0.4, -0.2) is 45.4 Å². The van der Waals surface area contributed by atoms with Gasteiger partial charge in [0, 0.05) is 20.0 Å². The van der Waals surface area contributed by atoms with Crippen LogP contribution in [0.3, 0.4) is 0 Å². The van der Waals surface area contributed by atoms with Crippen LogP contribution in [-0.2, 0) is 13.0 Å². The molecule has 0 unspecified atom stereocenters. The maximum Gasteiger partial charge on any atom is 0.291 e. The summed E-state index contributed by atoms with van der Waals surface area (Å²) in [6, 6.07) is 17.2. The number of aromatic nitrogens is 3. The van der Waals surface area contributed by atoms with E-state index in [1.807, 2.05) is 73.5 Å². The second kappa shape index (κ2) is 8.62. The summed E-state index contributed by atoms with van der Waals surface area (Å²) in [7, 11) is 1.87. The second-order valence-corrected chi connectivity index (χ2v) is 7.45. The van der Waals surface area contributed by atoms with Gasteiger partial charge in [-0.05, 0) is 24.6 Å². The van der Waals surface area contributed by atoms with E-state index < -0.39 is 6.04 Å². The SMILES string of the molecule is CCn1nc(C(=O)N[C@H]2COc3ccccc3N(C)C2=S)nc1Cc1ccccc1. The minimum absolute atomic E-state index is 0.134. The van der Waals surface area contributed by atoms with Crippen LogP contribution in [0.2, 0.25) is 0 Å². The van der Waals surface area contributed by atoms with Crippen molar-refractivity contribution in [3.63, 3.8) is 0 Å². The van der Waals surface area contributed by atoms with Gasteiger partial charge in [-0.1, -0.05) is 54.7 Å². The van der Waals surface area contributed by atoms with Gasteiger partial charge >= 0.3 is 0 Å². The predicted octanol–water partition coefficient (Wildman–Crippen LogP) is 2.84. The number of benzene rings is 2. The Morgan fingerprint density at radius 3 is 2.70 bits per heavy atom. The molecule has 2 aromatic carbocycles. The molecule has 0 saturated heterocycles. The van der Waals surface area contributed by atoms with Gasteiger partial charge in [-0.15, -0.1) is 5.10 Å². The number of nitrogens with one attached hydrogen (secondary N) is 1. The fourth-order valence-corrected chi connectivity index (χ4v) is 3.64. The molecule has 0 bridgehead atoms. The zero-order valence-electron chi connectivity index (χ0n) is 16.9. The molecule has 1 N–H and O–H groups in total. The fraction of sp³-hybridized carbons (Fsp3) is 0.273. The van der Waals surface area contributed by atoms with Crippen LogP contribution in [0.25, 0.3) is 0 Å². The number of carbonyl (C=O) groups excluding carboxylic acids is 1. The number of carbonyl (C=O) groups is 1. The van der Waals surface area contributed by atoms with Gasteiger partial charge in [0.1, 0.15) is 29.2 Å². The summed E-state index contributed by atoms with van der Waals surface area (Å²) in [6.45, 7) is 2.86. The first kappa shape index (κ1) is 20.0. The molecule has 0 spiro atoms. The number of thiocarbonyl (C=S) groups is 1. The topological polar surface area (TPSA) is 72.3 Å². The lowest BCUT2D eigenvalue weighted by Crippen LogP contribution is -2.48. The molecule has 0 aliphatic carbocycles. The molecule has 7 nitrogen and oxygen atoms in total. The van der Waals surface area contributed by atoms with E-state index in [9.17, 15) is 4.79 Å². The van der Waals surface area contributed by atoms with Gasteiger partial charge in [0.25, 0.3) is 5.91 Å². The van der Waals surface area contributed by atoms with Crippen molar-refractivity contribution in [2.75, 3.05) is 18.6 Å². The highest BCUT2D eigenvalue weighted by atomic mass is 32.1. The van der Waals surface area contributed by atoms with Gasteiger partial charge in [-0.25, -0.2) is 9.67 Å². The molecule has 1 amide bonds. The predicted molar refractivity (Wildman–Crippen MR) is 119 cm³/mol. The van der Waals surface area contributed by atoms with Gasteiger partial charge < -0.3 is 15.0 Å². The fourth-order valence-electron chi connectivity index (χ4n) is 3.41. The number of ether oxygens (including phenoxy) is 1. The van der Waals surface area contributed by atoms with Gasteiger partial charge in [-0.2, -0.15) is 0 Å². The lowest BCUT2D eigenvalue weighted by molar-refractivity contribution is 0.0927. The van der Waals surface area contributed by atoms with E-state index in [0.29, 0.717) is 18.0 Å². The van der Waals surface area contributed by atoms with E-state index in [2.05, 4.69) is 15.4 Å². The minimum Gasteiger partial charge on any atom is -0.489 e. The molecule has 0 fully saturated rings. The lowest BCUT2D eigenvalue weighted by atomic mass is 10.1. The standard InChI is InChI=1S/C22H23N5O2S/c1-3-27-19(13-15-9-5-4-6-10-15)24-20(25-27)21(28)23-16-14-29-18-12-8-7-11-17(18)26(2)22(16)30/h4-12,16H,3,13-14H2,1-2H3,(H,23,28)/t16-/m0/s1. The molecular weight excluding hydrogens is 398 g/mol. The van der Waals surface area contributed by atoms with Crippen molar-refractivity contribution < 1.29 is 9.53 Å². The lowest BCUT2D eigenvalue weighted by Gasteiger charge is -2.23. The molecule has 1 aliphatic rings. The number of rotatable bonds is 5. The van der Waals surface area contributed by atoms with E-state index in [1.165, 1.54) is 0 Å². The van der Waals surface area contributed by atoms with E-state index in [-0.39, 0.29) is 18.3 Å². The number of aryl methyl sites for hydroxylation is 1. The molecule has 1 aliphatic heterocycles. The molecule has 154 valence electrons. The van der Waals surface area contributed by atoms with Crippen molar-refractivity contribution in [3.8, 4) is 5.75 Å². The van der Waals surface area contributed by atoms with E-state index in [4.69, 9.17) is 17.0 Å². The van der Waals surface area contributed by atoms with Crippen molar-refractivity contribution in [1.29, 1.82) is 0 Å². The summed E-state index contributed by atoms with van der Waals surface area (Å²) in [5, 5.41) is 7.33. The Hall–Kier alpha value is -3.26. The number of fused-ring (bicyclic) bond motifs is 1. The molecule has 1 aromatic heterocycles. The van der Waals surface area contributed by atoms with E-state index in [1.54, 1.807) is 4.68 Å². The van der Waals surface area contributed by atoms with Crippen molar-refractivity contribution in [2.45, 2.75) is 25.9 Å². The molecule has 8 heteroatoms. The van der Waals surface area contributed by atoms with E-state index in [0.717, 1.165) is 22.8 Å². The maximum atomic E-state index is 12.9. The molecule has 1 atom stereocenters. The summed E-state index contributed by atoms with van der Waals surface area (Å²) < 4.78 is 7.63. The number of anilines is 1. The number of amides is 1. The van der Waals surface area contributed by atoms with Crippen LogP contribution in [0.15, 0.2) is 54.6 Å². The summed E-state index contributed by atoms with van der Waals surface area (Å²) in [6.07, 6.45) is 0.609. The summed E-state index contributed by atoms with van der Waals surface area (Å²) in [5.74, 6) is 1.25. The zero-order valence-corrected chi connectivity index (χ0v) is 17.7. The van der Waals surface area contributed by atoms with Gasteiger partial charge in [0.05, 0.1) is 5.69 Å². The second-order valence-electron chi connectivity index (χ2n) is 7.03. The number of para-hydroxylation sites is 2. The summed E-state index contributed by atoms with van der Waals surface area (Å²) >= 11 is 5.61. The Morgan fingerprint density at radius 2 is 1.93 bits per heavy atom. The van der Waals surface area contributed by atoms with Crippen LogP contribution < -0.4 is 15.0 Å². The third-order valence-corrected chi connectivity index (χ3v) is 5.58. The van der Waals surface area contributed by atoms with Gasteiger partial charge in [0.15, 0.2) is 0 Å². The Kier molecular flexibility index (Phi) is 5.76. The zero-order chi connectivity index (χ0) is 21.1. The number of hydrogen-bond donors (Lipinski definition) is 1. The van der Waals surface area contributed by atoms with Crippen molar-refractivity contribution >= 4 is 28.8 Å². The average Bonchev–Trinajstić information content (AvgIpc) is 3.14. The highest BCUT2D eigenvalue weighted by molar-refractivity contribution is 7.80. The smallest absolute Gasteiger partial charge is 0.291 e. The van der Waals surface area contributed by atoms with Crippen LogP contribution in [0, 0.1) is 0 Å². The first-order valence-electron chi connectivity index (χ1n) is 9.84. The molecule has 30 heavy (non-hydrogen) atoms. The number of hydrogen-bond acceptors (Lipinski definition) is 5. The summed E-state index contributed by atoms with van der Waals surface area (Å²) in [5.41, 5.74) is 1.99. The highest BCUT2D eigenvalue weighted by Gasteiger charge is 2.28. The maximum absolute atomic E-state index is 12.9. The number of likely N-dealkylation sites (N-methyl/N-ethyl adjacent to an activating group) is 1. The van der Waals surface area contributed by atoms with Gasteiger partial charge in [0.2, 0.25) is 5.82 Å². The summed E-state index contributed by atoms with van der Waals surface area (Å²) in [4.78, 5) is 19.8. The molecule has 2 heterocycles. The van der Waals surface area contributed by atoms with Crippen LogP contribution in [0.1, 0.15) is 28.9 Å². The Bertz CT molecular complexity index is 1070. The molecule has 4 rings (SSSR count). The van der Waals surface area contributed by atoms with E-state index >= 15 is 0 Å². The largest absolute Gasteiger partial charge is 0.489 e. The molecule has 3 aromatic rings. The first-order valence-corrected chi connectivity index (χ1v) is 10.3. The van der Waals surface area contributed by atoms with Crippen LogP contribution in [0.5, 0.6) is 5.75 Å². The third kappa shape index (κ3) is 4.04. The average molecular weight is 422 g/mol. The Balaban J connectivity index is 1.51.